The van der Waals surface area contributed by atoms with Crippen LogP contribution in [-0.4, -0.2) is 48.4 Å². The summed E-state index contributed by atoms with van der Waals surface area (Å²) < 4.78 is 26.1. The number of nitrogens with zero attached hydrogens (tertiary/aromatic N) is 3. The van der Waals surface area contributed by atoms with Crippen LogP contribution in [0.5, 0.6) is 0 Å². The van der Waals surface area contributed by atoms with Crippen LogP contribution in [-0.2, 0) is 23.1 Å². The summed E-state index contributed by atoms with van der Waals surface area (Å²) in [7, 11) is -3.06. The summed E-state index contributed by atoms with van der Waals surface area (Å²) in [6, 6.07) is 0. The highest BCUT2D eigenvalue weighted by Gasteiger charge is 2.12. The van der Waals surface area contributed by atoms with E-state index in [1.54, 1.807) is 0 Å². The van der Waals surface area contributed by atoms with Crippen molar-refractivity contribution < 1.29 is 8.42 Å². The molecule has 0 unspecified atom stereocenters. The van der Waals surface area contributed by atoms with Crippen LogP contribution in [0.1, 0.15) is 25.8 Å². The molecule has 0 saturated carbocycles. The van der Waals surface area contributed by atoms with Crippen molar-refractivity contribution in [1.82, 2.24) is 19.4 Å². The molecule has 0 fully saturated rings. The third-order valence-electron chi connectivity index (χ3n) is 2.92. The highest BCUT2D eigenvalue weighted by molar-refractivity contribution is 7.88. The van der Waals surface area contributed by atoms with Crippen LogP contribution in [0.3, 0.4) is 0 Å². The molecule has 0 saturated heterocycles. The van der Waals surface area contributed by atoms with Gasteiger partial charge in [0.25, 0.3) is 0 Å². The Morgan fingerprint density at radius 3 is 2.68 bits per heavy atom. The summed E-state index contributed by atoms with van der Waals surface area (Å²) >= 11 is 0. The Morgan fingerprint density at radius 1 is 1.42 bits per heavy atom. The number of aryl methyl sites for hydroxylation is 1. The van der Waals surface area contributed by atoms with Gasteiger partial charge < -0.3 is 5.32 Å². The van der Waals surface area contributed by atoms with Gasteiger partial charge in [0.05, 0.1) is 12.5 Å². The number of nitrogens with one attached hydrogen (secondary N) is 1. The lowest BCUT2D eigenvalue weighted by atomic mass is 10.3. The maximum atomic E-state index is 11.4. The van der Waals surface area contributed by atoms with Gasteiger partial charge in [-0.05, 0) is 19.9 Å². The molecule has 0 atom stereocenters. The third kappa shape index (κ3) is 5.71. The summed E-state index contributed by atoms with van der Waals surface area (Å²) in [4.78, 5) is 0. The molecular weight excluding hydrogens is 264 g/mol. The van der Waals surface area contributed by atoms with E-state index in [1.165, 1.54) is 10.6 Å². The molecule has 7 heteroatoms. The van der Waals surface area contributed by atoms with Gasteiger partial charge in [-0.25, -0.2) is 12.7 Å². The zero-order valence-corrected chi connectivity index (χ0v) is 12.8. The molecular formula is C12H24N4O2S. The van der Waals surface area contributed by atoms with Gasteiger partial charge in [0.1, 0.15) is 0 Å². The fourth-order valence-electron chi connectivity index (χ4n) is 1.84. The number of aromatic nitrogens is 2. The third-order valence-corrected chi connectivity index (χ3v) is 4.30. The standard InChI is InChI=1S/C12H24N4O2S/c1-4-15-11-12(10-14-15)9-13-7-6-8-16(5-2)19(3,17)18/h10-11,13H,4-9H2,1-3H3. The highest BCUT2D eigenvalue weighted by atomic mass is 32.2. The molecule has 0 bridgehead atoms. The van der Waals surface area contributed by atoms with Crippen molar-refractivity contribution in [2.45, 2.75) is 33.4 Å². The van der Waals surface area contributed by atoms with Crippen molar-refractivity contribution in [3.8, 4) is 0 Å². The average molecular weight is 288 g/mol. The Balaban J connectivity index is 2.20. The van der Waals surface area contributed by atoms with Gasteiger partial charge in [-0.15, -0.1) is 0 Å². The Bertz CT molecular complexity index is 470. The zero-order valence-electron chi connectivity index (χ0n) is 12.0. The van der Waals surface area contributed by atoms with E-state index in [0.29, 0.717) is 13.1 Å². The molecule has 0 amide bonds. The van der Waals surface area contributed by atoms with E-state index < -0.39 is 10.0 Å². The quantitative estimate of drug-likeness (QED) is 0.678. The molecule has 6 nitrogen and oxygen atoms in total. The van der Waals surface area contributed by atoms with Crippen molar-refractivity contribution in [2.24, 2.45) is 0 Å². The van der Waals surface area contributed by atoms with E-state index in [9.17, 15) is 8.42 Å². The van der Waals surface area contributed by atoms with Gasteiger partial charge >= 0.3 is 0 Å². The first-order valence-electron chi connectivity index (χ1n) is 6.64. The second-order valence-corrected chi connectivity index (χ2v) is 6.47. The van der Waals surface area contributed by atoms with Gasteiger partial charge in [-0.3, -0.25) is 4.68 Å². The molecule has 110 valence electrons. The Kier molecular flexibility index (Phi) is 6.47. The molecule has 0 radical (unpaired) electrons. The molecule has 0 aliphatic rings. The minimum absolute atomic E-state index is 0.530. The number of sulfonamides is 1. The van der Waals surface area contributed by atoms with E-state index in [0.717, 1.165) is 31.6 Å². The molecule has 1 aromatic heterocycles. The molecule has 0 aliphatic heterocycles. The molecule has 0 aromatic carbocycles. The Morgan fingerprint density at radius 2 is 2.16 bits per heavy atom. The van der Waals surface area contributed by atoms with Gasteiger partial charge in [0.2, 0.25) is 10.0 Å². The summed E-state index contributed by atoms with van der Waals surface area (Å²) in [6.45, 7) is 7.44. The first kappa shape index (κ1) is 16.1. The van der Waals surface area contributed by atoms with Gasteiger partial charge in [-0.2, -0.15) is 5.10 Å². The van der Waals surface area contributed by atoms with Crippen LogP contribution < -0.4 is 5.32 Å². The van der Waals surface area contributed by atoms with Crippen LogP contribution in [0, 0.1) is 0 Å². The fourth-order valence-corrected chi connectivity index (χ4v) is 2.77. The normalized spacial score (nSPS) is 12.2. The maximum absolute atomic E-state index is 11.4. The van der Waals surface area contributed by atoms with E-state index in [2.05, 4.69) is 17.3 Å². The molecule has 1 heterocycles. The van der Waals surface area contributed by atoms with E-state index >= 15 is 0 Å². The minimum atomic E-state index is -3.06. The lowest BCUT2D eigenvalue weighted by molar-refractivity contribution is 0.419. The first-order chi connectivity index (χ1) is 8.97. The predicted octanol–water partition coefficient (Wildman–Crippen LogP) is 0.664. The molecule has 0 aliphatic carbocycles. The SMILES string of the molecule is CCN(CCCNCc1cnn(CC)c1)S(C)(=O)=O. The van der Waals surface area contributed by atoms with E-state index in [-0.39, 0.29) is 0 Å². The maximum Gasteiger partial charge on any atom is 0.211 e. The topological polar surface area (TPSA) is 67.2 Å². The summed E-state index contributed by atoms with van der Waals surface area (Å²) in [6.07, 6.45) is 5.93. The van der Waals surface area contributed by atoms with Crippen LogP contribution in [0.15, 0.2) is 12.4 Å². The highest BCUT2D eigenvalue weighted by Crippen LogP contribution is 1.99. The second kappa shape index (κ2) is 7.62. The average Bonchev–Trinajstić information content (AvgIpc) is 2.80. The molecule has 1 rings (SSSR count). The first-order valence-corrected chi connectivity index (χ1v) is 8.49. The number of hydrogen-bond donors (Lipinski definition) is 1. The lowest BCUT2D eigenvalue weighted by Crippen LogP contribution is -2.32. The smallest absolute Gasteiger partial charge is 0.211 e. The van der Waals surface area contributed by atoms with Crippen molar-refractivity contribution in [1.29, 1.82) is 0 Å². The molecule has 1 aromatic rings. The fraction of sp³-hybridized carbons (Fsp3) is 0.750. The van der Waals surface area contributed by atoms with Crippen LogP contribution >= 0.6 is 0 Å². The summed E-state index contributed by atoms with van der Waals surface area (Å²) in [5.41, 5.74) is 1.15. The minimum Gasteiger partial charge on any atom is -0.313 e. The molecule has 19 heavy (non-hydrogen) atoms. The monoisotopic (exact) mass is 288 g/mol. The largest absolute Gasteiger partial charge is 0.313 e. The van der Waals surface area contributed by atoms with E-state index in [1.807, 2.05) is 24.0 Å². The van der Waals surface area contributed by atoms with Crippen LogP contribution in [0.4, 0.5) is 0 Å². The Hall–Kier alpha value is -0.920. The van der Waals surface area contributed by atoms with Gasteiger partial charge in [0.15, 0.2) is 0 Å². The lowest BCUT2D eigenvalue weighted by Gasteiger charge is -2.17. The second-order valence-electron chi connectivity index (χ2n) is 4.49. The van der Waals surface area contributed by atoms with Crippen molar-refractivity contribution in [3.05, 3.63) is 18.0 Å². The van der Waals surface area contributed by atoms with E-state index in [4.69, 9.17) is 0 Å². The van der Waals surface area contributed by atoms with Gasteiger partial charge in [0, 0.05) is 37.9 Å². The zero-order chi connectivity index (χ0) is 14.3. The number of hydrogen-bond acceptors (Lipinski definition) is 4. The van der Waals surface area contributed by atoms with Crippen molar-refractivity contribution in [2.75, 3.05) is 25.9 Å². The number of rotatable bonds is 9. The van der Waals surface area contributed by atoms with Crippen LogP contribution in [0.2, 0.25) is 0 Å². The Labute approximate surface area is 115 Å². The summed E-state index contributed by atoms with van der Waals surface area (Å²) in [5, 5.41) is 7.49. The van der Waals surface area contributed by atoms with Crippen molar-refractivity contribution >= 4 is 10.0 Å². The van der Waals surface area contributed by atoms with Crippen LogP contribution in [0.25, 0.3) is 0 Å². The van der Waals surface area contributed by atoms with Gasteiger partial charge in [-0.1, -0.05) is 6.92 Å². The predicted molar refractivity (Wildman–Crippen MR) is 76.3 cm³/mol. The molecule has 1 N–H and O–H groups in total. The summed E-state index contributed by atoms with van der Waals surface area (Å²) in [5.74, 6) is 0. The molecule has 0 spiro atoms. The van der Waals surface area contributed by atoms with Crippen molar-refractivity contribution in [3.63, 3.8) is 0 Å².